The zero-order chi connectivity index (χ0) is 31.2. The molecule has 2 saturated heterocycles. The van der Waals surface area contributed by atoms with Crippen LogP contribution in [0, 0.1) is 0 Å². The number of nitrogens with one attached hydrogen (secondary N) is 2. The Hall–Kier alpha value is -3.16. The van der Waals surface area contributed by atoms with Crippen LogP contribution < -0.4 is 10.0 Å². The van der Waals surface area contributed by atoms with E-state index in [-0.39, 0.29) is 29.8 Å². The molecule has 14 heteroatoms. The van der Waals surface area contributed by atoms with Crippen LogP contribution in [-0.4, -0.2) is 67.0 Å². The molecule has 2 aromatic carbocycles. The van der Waals surface area contributed by atoms with Gasteiger partial charge in [-0.25, -0.2) is 9.52 Å². The number of ether oxygens (including phenoxy) is 1. The van der Waals surface area contributed by atoms with Gasteiger partial charge in [0.15, 0.2) is 0 Å². The number of urea groups is 1. The molecule has 2 atom stereocenters. The highest BCUT2D eigenvalue weighted by Crippen LogP contribution is 2.46. The highest BCUT2D eigenvalue weighted by atomic mass is 35.5. The third-order valence-corrected chi connectivity index (χ3v) is 10.5. The number of anilines is 1. The Morgan fingerprint density at radius 3 is 2.25 bits per heavy atom. The maximum absolute atomic E-state index is 13.3. The maximum Gasteiger partial charge on any atom is 0.322 e. The monoisotopic (exact) mass is 661 g/mol. The van der Waals surface area contributed by atoms with Gasteiger partial charge in [-0.05, 0) is 74.9 Å². The Morgan fingerprint density at radius 2 is 1.66 bits per heavy atom. The molecule has 2 aliphatic heterocycles. The standard InChI is InChI=1S/C30H33Cl2N5O6S/c1-36(2)44(40,41)35-29(38)18-8-10-19(11-9-18)33-30(39)37-20-12-13-21(37)15-22(14-20)42-16-23-27(34-43-28(23)17-6-7-17)26-24(31)4-3-5-25(26)32/h3-5,8-11,17,20-22H,6-7,12-16H2,1-2H3,(H,33,39)(H,35,38). The number of benzene rings is 2. The van der Waals surface area contributed by atoms with Crippen LogP contribution in [0.15, 0.2) is 47.0 Å². The van der Waals surface area contributed by atoms with Crippen LogP contribution >= 0.6 is 23.2 Å². The first-order valence-electron chi connectivity index (χ1n) is 14.5. The largest absolute Gasteiger partial charge is 0.373 e. The Bertz CT molecular complexity index is 1640. The van der Waals surface area contributed by atoms with Crippen molar-refractivity contribution in [3.05, 3.63) is 69.4 Å². The number of piperidine rings is 1. The zero-order valence-corrected chi connectivity index (χ0v) is 26.6. The number of carbonyl (C=O) groups excluding carboxylic acids is 2. The lowest BCUT2D eigenvalue weighted by atomic mass is 9.99. The van der Waals surface area contributed by atoms with Gasteiger partial charge in [0.1, 0.15) is 11.5 Å². The number of carbonyl (C=O) groups is 2. The summed E-state index contributed by atoms with van der Waals surface area (Å²) in [6.45, 7) is 0.318. The van der Waals surface area contributed by atoms with Crippen molar-refractivity contribution in [1.29, 1.82) is 0 Å². The summed E-state index contributed by atoms with van der Waals surface area (Å²) in [5.74, 6) is 0.403. The summed E-state index contributed by atoms with van der Waals surface area (Å²) in [4.78, 5) is 27.5. The Balaban J connectivity index is 1.08. The molecule has 3 fully saturated rings. The Morgan fingerprint density at radius 1 is 1.02 bits per heavy atom. The molecule has 1 saturated carbocycles. The number of amides is 3. The summed E-state index contributed by atoms with van der Waals surface area (Å²) in [7, 11) is -1.26. The van der Waals surface area contributed by atoms with E-state index in [9.17, 15) is 18.0 Å². The predicted octanol–water partition coefficient (Wildman–Crippen LogP) is 5.81. The van der Waals surface area contributed by atoms with Crippen LogP contribution in [0.4, 0.5) is 10.5 Å². The lowest BCUT2D eigenvalue weighted by Crippen LogP contribution is -2.50. The SMILES string of the molecule is CN(C)S(=O)(=O)NC(=O)c1ccc(NC(=O)N2C3CCC2CC(OCc2c(-c4c(Cl)cccc4Cl)noc2C2CC2)C3)cc1. The third kappa shape index (κ3) is 6.32. The minimum absolute atomic E-state index is 0.0305. The van der Waals surface area contributed by atoms with Crippen LogP contribution in [0.2, 0.25) is 10.0 Å². The van der Waals surface area contributed by atoms with E-state index in [1.807, 2.05) is 9.62 Å². The smallest absolute Gasteiger partial charge is 0.322 e. The van der Waals surface area contributed by atoms with Gasteiger partial charge in [-0.15, -0.1) is 0 Å². The van der Waals surface area contributed by atoms with Gasteiger partial charge in [0, 0.05) is 54.5 Å². The second kappa shape index (κ2) is 12.3. The molecular weight excluding hydrogens is 629 g/mol. The van der Waals surface area contributed by atoms with Crippen molar-refractivity contribution < 1.29 is 27.3 Å². The molecule has 3 aliphatic rings. The van der Waals surface area contributed by atoms with Crippen molar-refractivity contribution in [2.24, 2.45) is 0 Å². The van der Waals surface area contributed by atoms with E-state index >= 15 is 0 Å². The zero-order valence-electron chi connectivity index (χ0n) is 24.3. The van der Waals surface area contributed by atoms with Crippen molar-refractivity contribution in [3.8, 4) is 11.3 Å². The van der Waals surface area contributed by atoms with Crippen molar-refractivity contribution in [2.45, 2.75) is 69.2 Å². The van der Waals surface area contributed by atoms with Crippen molar-refractivity contribution >= 4 is 51.0 Å². The lowest BCUT2D eigenvalue weighted by Gasteiger charge is -2.38. The topological polar surface area (TPSA) is 134 Å². The van der Waals surface area contributed by atoms with E-state index in [1.165, 1.54) is 26.2 Å². The first-order chi connectivity index (χ1) is 21.0. The molecule has 3 aromatic rings. The molecule has 2 bridgehead atoms. The van der Waals surface area contributed by atoms with Crippen molar-refractivity contribution in [2.75, 3.05) is 19.4 Å². The van der Waals surface area contributed by atoms with Gasteiger partial charge in [-0.1, -0.05) is 34.4 Å². The highest BCUT2D eigenvalue weighted by molar-refractivity contribution is 7.87. The summed E-state index contributed by atoms with van der Waals surface area (Å²) < 4.78 is 39.0. The van der Waals surface area contributed by atoms with Gasteiger partial charge in [0.05, 0.1) is 22.8 Å². The van der Waals surface area contributed by atoms with Crippen LogP contribution in [0.1, 0.15) is 66.1 Å². The quantitative estimate of drug-likeness (QED) is 0.296. The van der Waals surface area contributed by atoms with E-state index in [1.54, 1.807) is 30.3 Å². The first-order valence-corrected chi connectivity index (χ1v) is 16.7. The van der Waals surface area contributed by atoms with E-state index in [2.05, 4.69) is 10.5 Å². The summed E-state index contributed by atoms with van der Waals surface area (Å²) in [6, 6.07) is 11.3. The van der Waals surface area contributed by atoms with Gasteiger partial charge in [0.2, 0.25) is 0 Å². The molecule has 1 aromatic heterocycles. The van der Waals surface area contributed by atoms with E-state index in [0.29, 0.717) is 52.4 Å². The number of hydrogen-bond donors (Lipinski definition) is 2. The normalized spacial score (nSPS) is 21.5. The molecule has 2 unspecified atom stereocenters. The average Bonchev–Trinajstić information content (AvgIpc) is 3.68. The average molecular weight is 663 g/mol. The molecule has 3 heterocycles. The fourth-order valence-corrected chi connectivity index (χ4v) is 7.12. The summed E-state index contributed by atoms with van der Waals surface area (Å²) >= 11 is 13.0. The van der Waals surface area contributed by atoms with Crippen LogP contribution in [0.3, 0.4) is 0 Å². The minimum atomic E-state index is -3.91. The number of rotatable bonds is 9. The number of nitrogens with zero attached hydrogens (tertiary/aromatic N) is 3. The number of halogens is 2. The maximum atomic E-state index is 13.3. The molecule has 3 amide bonds. The van der Waals surface area contributed by atoms with Crippen molar-refractivity contribution in [3.63, 3.8) is 0 Å². The molecular formula is C30H33Cl2N5O6S. The minimum Gasteiger partial charge on any atom is -0.373 e. The van der Waals surface area contributed by atoms with E-state index in [0.717, 1.165) is 41.3 Å². The fourth-order valence-electron chi connectivity index (χ4n) is 6.00. The van der Waals surface area contributed by atoms with Gasteiger partial charge in [0.25, 0.3) is 5.91 Å². The Kier molecular flexibility index (Phi) is 8.64. The van der Waals surface area contributed by atoms with Gasteiger partial charge >= 0.3 is 16.2 Å². The lowest BCUT2D eigenvalue weighted by molar-refractivity contribution is -0.0158. The third-order valence-electron chi connectivity index (χ3n) is 8.45. The summed E-state index contributed by atoms with van der Waals surface area (Å²) in [5, 5.41) is 8.28. The molecule has 44 heavy (non-hydrogen) atoms. The fraction of sp³-hybridized carbons (Fsp3) is 0.433. The molecule has 234 valence electrons. The summed E-state index contributed by atoms with van der Waals surface area (Å²) in [5.41, 5.74) is 2.80. The van der Waals surface area contributed by atoms with Gasteiger partial charge in [-0.3, -0.25) is 4.79 Å². The molecule has 6 rings (SSSR count). The van der Waals surface area contributed by atoms with Crippen molar-refractivity contribution in [1.82, 2.24) is 19.1 Å². The molecule has 11 nitrogen and oxygen atoms in total. The Labute approximate surface area is 266 Å². The molecule has 1 aliphatic carbocycles. The van der Waals surface area contributed by atoms with Gasteiger partial charge in [-0.2, -0.15) is 12.7 Å². The molecule has 0 radical (unpaired) electrons. The second-order valence-electron chi connectivity index (χ2n) is 11.7. The van der Waals surface area contributed by atoms with E-state index in [4.69, 9.17) is 32.5 Å². The predicted molar refractivity (Wildman–Crippen MR) is 166 cm³/mol. The molecule has 2 N–H and O–H groups in total. The van der Waals surface area contributed by atoms with E-state index < -0.39 is 16.1 Å². The van der Waals surface area contributed by atoms with Crippen LogP contribution in [0.5, 0.6) is 0 Å². The highest BCUT2D eigenvalue weighted by Gasteiger charge is 2.44. The first kappa shape index (κ1) is 30.8. The van der Waals surface area contributed by atoms with Gasteiger partial charge < -0.3 is 19.5 Å². The summed E-state index contributed by atoms with van der Waals surface area (Å²) in [6.07, 6.45) is 5.24. The number of hydrogen-bond acceptors (Lipinski definition) is 7. The molecule has 0 spiro atoms. The second-order valence-corrected chi connectivity index (χ2v) is 14.4. The number of fused-ring (bicyclic) bond motifs is 2. The van der Waals surface area contributed by atoms with Crippen LogP contribution in [0.25, 0.3) is 11.3 Å². The number of aromatic nitrogens is 1. The van der Waals surface area contributed by atoms with Crippen LogP contribution in [-0.2, 0) is 21.6 Å².